The van der Waals surface area contributed by atoms with E-state index in [9.17, 15) is 4.91 Å². The maximum absolute atomic E-state index is 11.7. The highest BCUT2D eigenvalue weighted by Gasteiger charge is 2.38. The predicted molar refractivity (Wildman–Crippen MR) is 98.6 cm³/mol. The lowest BCUT2D eigenvalue weighted by atomic mass is 9.81. The van der Waals surface area contributed by atoms with Crippen LogP contribution in [0.15, 0.2) is 41.6 Å². The average Bonchev–Trinajstić information content (AvgIpc) is 2.61. The highest BCUT2D eigenvalue weighted by molar-refractivity contribution is 5.47. The highest BCUT2D eigenvalue weighted by Crippen LogP contribution is 2.38. The van der Waals surface area contributed by atoms with E-state index in [0.29, 0.717) is 12.8 Å². The van der Waals surface area contributed by atoms with Gasteiger partial charge in [0.25, 0.3) is 0 Å². The number of hydrogen-bond acceptors (Lipinski definition) is 5. The Morgan fingerprint density at radius 3 is 2.33 bits per heavy atom. The molecule has 126 valence electrons. The summed E-state index contributed by atoms with van der Waals surface area (Å²) in [7, 11) is 1.89. The Kier molecular flexibility index (Phi) is 4.51. The van der Waals surface area contributed by atoms with E-state index in [4.69, 9.17) is 0 Å². The van der Waals surface area contributed by atoms with Crippen LogP contribution in [0.3, 0.4) is 0 Å². The fraction of sp³-hybridized carbons (Fsp3) is 0.421. The lowest BCUT2D eigenvalue weighted by Gasteiger charge is -2.38. The molecule has 1 aromatic heterocycles. The molecule has 1 aromatic carbocycles. The van der Waals surface area contributed by atoms with Crippen LogP contribution >= 0.6 is 0 Å². The molecule has 1 fully saturated rings. The van der Waals surface area contributed by atoms with Gasteiger partial charge < -0.3 is 10.2 Å². The zero-order valence-corrected chi connectivity index (χ0v) is 14.5. The molecule has 1 N–H and O–H groups in total. The van der Waals surface area contributed by atoms with Crippen LogP contribution in [0.5, 0.6) is 0 Å². The SMILES string of the molecule is CNc1ccc(C2(N=O)CCN(c3cc(C)cc(C)n3)CC2)cc1. The second-order valence-electron chi connectivity index (χ2n) is 6.58. The van der Waals surface area contributed by atoms with E-state index in [1.54, 1.807) is 0 Å². The molecule has 24 heavy (non-hydrogen) atoms. The van der Waals surface area contributed by atoms with Crippen molar-refractivity contribution >= 4 is 11.5 Å². The molecule has 5 nitrogen and oxygen atoms in total. The number of aryl methyl sites for hydroxylation is 2. The Hall–Kier alpha value is -2.43. The molecule has 0 radical (unpaired) electrons. The summed E-state index contributed by atoms with van der Waals surface area (Å²) in [5.41, 5.74) is 3.66. The number of rotatable bonds is 4. The molecule has 2 heterocycles. The van der Waals surface area contributed by atoms with Gasteiger partial charge in [-0.1, -0.05) is 17.3 Å². The number of nitrogens with zero attached hydrogens (tertiary/aromatic N) is 3. The number of nitroso groups, excluding NO2 is 1. The van der Waals surface area contributed by atoms with E-state index in [-0.39, 0.29) is 0 Å². The summed E-state index contributed by atoms with van der Waals surface area (Å²) in [6.07, 6.45) is 1.42. The van der Waals surface area contributed by atoms with Gasteiger partial charge in [0.2, 0.25) is 0 Å². The number of anilines is 2. The molecule has 0 saturated carbocycles. The molecule has 1 aliphatic heterocycles. The number of nitrogens with one attached hydrogen (secondary N) is 1. The third kappa shape index (κ3) is 3.11. The minimum atomic E-state index is -0.623. The Balaban J connectivity index is 1.79. The van der Waals surface area contributed by atoms with Crippen molar-refractivity contribution in [3.05, 3.63) is 58.1 Å². The predicted octanol–water partition coefficient (Wildman–Crippen LogP) is 4.00. The molecule has 0 amide bonds. The Labute approximate surface area is 143 Å². The zero-order chi connectivity index (χ0) is 17.2. The van der Waals surface area contributed by atoms with Gasteiger partial charge >= 0.3 is 0 Å². The third-order valence-electron chi connectivity index (χ3n) is 4.88. The number of piperidine rings is 1. The van der Waals surface area contributed by atoms with Gasteiger partial charge in [-0.15, -0.1) is 4.91 Å². The topological polar surface area (TPSA) is 57.6 Å². The Bertz CT molecular complexity index is 698. The highest BCUT2D eigenvalue weighted by atomic mass is 16.3. The molecule has 5 heteroatoms. The Morgan fingerprint density at radius 2 is 1.79 bits per heavy atom. The van der Waals surface area contributed by atoms with Gasteiger partial charge in [0.05, 0.1) is 0 Å². The summed E-state index contributed by atoms with van der Waals surface area (Å²) >= 11 is 0. The normalized spacial score (nSPS) is 16.7. The van der Waals surface area contributed by atoms with Crippen LogP contribution in [0, 0.1) is 18.8 Å². The number of pyridine rings is 1. The van der Waals surface area contributed by atoms with E-state index in [1.165, 1.54) is 5.56 Å². The van der Waals surface area contributed by atoms with Crippen molar-refractivity contribution in [3.8, 4) is 0 Å². The van der Waals surface area contributed by atoms with Crippen molar-refractivity contribution in [2.75, 3.05) is 30.4 Å². The molecule has 1 aliphatic rings. The van der Waals surface area contributed by atoms with E-state index < -0.39 is 5.54 Å². The number of aromatic nitrogens is 1. The van der Waals surface area contributed by atoms with Gasteiger partial charge in [-0.2, -0.15) is 0 Å². The second kappa shape index (κ2) is 6.59. The van der Waals surface area contributed by atoms with Crippen molar-refractivity contribution in [2.24, 2.45) is 5.18 Å². The maximum atomic E-state index is 11.7. The fourth-order valence-electron chi connectivity index (χ4n) is 3.47. The first-order chi connectivity index (χ1) is 11.6. The number of hydrogen-bond donors (Lipinski definition) is 1. The maximum Gasteiger partial charge on any atom is 0.131 e. The van der Waals surface area contributed by atoms with Gasteiger partial charge in [0.15, 0.2) is 0 Å². The van der Waals surface area contributed by atoms with Crippen molar-refractivity contribution < 1.29 is 0 Å². The molecule has 0 aliphatic carbocycles. The molecule has 0 bridgehead atoms. The first kappa shape index (κ1) is 16.4. The minimum Gasteiger partial charge on any atom is -0.388 e. The first-order valence-corrected chi connectivity index (χ1v) is 8.39. The minimum absolute atomic E-state index is 0.623. The number of benzene rings is 1. The summed E-state index contributed by atoms with van der Waals surface area (Å²) < 4.78 is 0. The average molecular weight is 324 g/mol. The fourth-order valence-corrected chi connectivity index (χ4v) is 3.47. The first-order valence-electron chi connectivity index (χ1n) is 8.39. The van der Waals surface area contributed by atoms with Crippen molar-refractivity contribution in [3.63, 3.8) is 0 Å². The summed E-state index contributed by atoms with van der Waals surface area (Å²) in [5, 5.41) is 6.65. The van der Waals surface area contributed by atoms with Crippen LogP contribution in [0.25, 0.3) is 0 Å². The molecule has 0 atom stereocenters. The molecule has 0 spiro atoms. The van der Waals surface area contributed by atoms with E-state index in [1.807, 2.05) is 38.2 Å². The zero-order valence-electron chi connectivity index (χ0n) is 14.5. The molecule has 2 aromatic rings. The summed E-state index contributed by atoms with van der Waals surface area (Å²) in [5.74, 6) is 0.998. The molecule has 0 unspecified atom stereocenters. The van der Waals surface area contributed by atoms with Gasteiger partial charge in [-0.25, -0.2) is 4.98 Å². The largest absolute Gasteiger partial charge is 0.388 e. The summed E-state index contributed by atoms with van der Waals surface area (Å²) in [6, 6.07) is 12.2. The van der Waals surface area contributed by atoms with E-state index in [0.717, 1.165) is 35.9 Å². The monoisotopic (exact) mass is 324 g/mol. The van der Waals surface area contributed by atoms with Crippen LogP contribution in [-0.2, 0) is 5.54 Å². The molecule has 3 rings (SSSR count). The lowest BCUT2D eigenvalue weighted by Crippen LogP contribution is -2.42. The van der Waals surface area contributed by atoms with Gasteiger partial charge in [0, 0.05) is 31.5 Å². The third-order valence-corrected chi connectivity index (χ3v) is 4.88. The van der Waals surface area contributed by atoms with E-state index in [2.05, 4.69) is 39.4 Å². The lowest BCUT2D eigenvalue weighted by molar-refractivity contribution is 0.341. The van der Waals surface area contributed by atoms with Crippen molar-refractivity contribution in [1.82, 2.24) is 4.98 Å². The molecular weight excluding hydrogens is 300 g/mol. The summed E-state index contributed by atoms with van der Waals surface area (Å²) in [6.45, 7) is 5.68. The van der Waals surface area contributed by atoms with Crippen molar-refractivity contribution in [1.29, 1.82) is 0 Å². The molecule has 1 saturated heterocycles. The van der Waals surface area contributed by atoms with Gasteiger partial charge in [0.1, 0.15) is 11.4 Å². The van der Waals surface area contributed by atoms with Gasteiger partial charge in [-0.3, -0.25) is 0 Å². The Morgan fingerprint density at radius 1 is 1.12 bits per heavy atom. The van der Waals surface area contributed by atoms with E-state index >= 15 is 0 Å². The van der Waals surface area contributed by atoms with Crippen molar-refractivity contribution in [2.45, 2.75) is 32.2 Å². The molecular formula is C19H24N4O. The van der Waals surface area contributed by atoms with Crippen LogP contribution in [0.4, 0.5) is 11.5 Å². The standard InChI is InChI=1S/C19H24N4O/c1-14-12-15(2)21-18(13-14)23-10-8-19(22-24,9-11-23)16-4-6-17(20-3)7-5-16/h4-7,12-13,20H,8-11H2,1-3H3. The van der Waals surface area contributed by atoms with Crippen LogP contribution in [0.1, 0.15) is 29.7 Å². The smallest absolute Gasteiger partial charge is 0.131 e. The van der Waals surface area contributed by atoms with Crippen LogP contribution in [0.2, 0.25) is 0 Å². The van der Waals surface area contributed by atoms with Gasteiger partial charge in [-0.05, 0) is 62.1 Å². The second-order valence-corrected chi connectivity index (χ2v) is 6.58. The quantitative estimate of drug-likeness (QED) is 0.864. The van der Waals surface area contributed by atoms with Crippen LogP contribution < -0.4 is 10.2 Å². The summed E-state index contributed by atoms with van der Waals surface area (Å²) in [4.78, 5) is 18.6. The van der Waals surface area contributed by atoms with Crippen LogP contribution in [-0.4, -0.2) is 25.1 Å².